The lowest BCUT2D eigenvalue weighted by molar-refractivity contribution is 0.306. The van der Waals surface area contributed by atoms with Gasteiger partial charge in [-0.05, 0) is 38.7 Å². The maximum atomic E-state index is 6.32. The first-order valence-electron chi connectivity index (χ1n) is 6.01. The summed E-state index contributed by atoms with van der Waals surface area (Å²) < 4.78 is 5.55. The van der Waals surface area contributed by atoms with Crippen LogP contribution in [0.4, 0.5) is 0 Å². The van der Waals surface area contributed by atoms with Gasteiger partial charge in [0.05, 0.1) is 0 Å². The highest BCUT2D eigenvalue weighted by Crippen LogP contribution is 2.34. The molecule has 1 atom stereocenters. The summed E-state index contributed by atoms with van der Waals surface area (Å²) in [5, 5.41) is 0. The molecule has 0 spiro atoms. The number of hydrogen-bond acceptors (Lipinski definition) is 2. The van der Waals surface area contributed by atoms with Gasteiger partial charge in [0, 0.05) is 11.6 Å². The van der Waals surface area contributed by atoms with Crippen LogP contribution in [0.3, 0.4) is 0 Å². The number of rotatable bonds is 2. The lowest BCUT2D eigenvalue weighted by Crippen LogP contribution is -2.23. The van der Waals surface area contributed by atoms with Gasteiger partial charge in [-0.2, -0.15) is 0 Å². The molecule has 0 aliphatic heterocycles. The van der Waals surface area contributed by atoms with Crippen LogP contribution in [-0.2, 0) is 0 Å². The topological polar surface area (TPSA) is 39.2 Å². The fourth-order valence-corrected chi connectivity index (χ4v) is 2.73. The van der Waals surface area contributed by atoms with E-state index in [1.807, 2.05) is 13.8 Å². The van der Waals surface area contributed by atoms with Crippen molar-refractivity contribution in [1.82, 2.24) is 0 Å². The van der Waals surface area contributed by atoms with Crippen LogP contribution in [-0.4, -0.2) is 0 Å². The van der Waals surface area contributed by atoms with Crippen molar-refractivity contribution in [3.05, 3.63) is 23.2 Å². The first-order valence-corrected chi connectivity index (χ1v) is 6.01. The molecule has 1 aromatic heterocycles. The van der Waals surface area contributed by atoms with Gasteiger partial charge in [-0.25, -0.2) is 0 Å². The lowest BCUT2D eigenvalue weighted by Gasteiger charge is -2.27. The van der Waals surface area contributed by atoms with E-state index in [0.29, 0.717) is 5.92 Å². The van der Waals surface area contributed by atoms with Crippen LogP contribution in [0.1, 0.15) is 55.2 Å². The molecule has 1 unspecified atom stereocenters. The van der Waals surface area contributed by atoms with Gasteiger partial charge in [-0.15, -0.1) is 0 Å². The Kier molecular flexibility index (Phi) is 3.15. The van der Waals surface area contributed by atoms with Gasteiger partial charge in [0.25, 0.3) is 0 Å². The minimum absolute atomic E-state index is 0.183. The largest absolute Gasteiger partial charge is 0.466 e. The van der Waals surface area contributed by atoms with Crippen molar-refractivity contribution in [2.24, 2.45) is 11.7 Å². The molecule has 1 fully saturated rings. The van der Waals surface area contributed by atoms with E-state index in [-0.39, 0.29) is 6.04 Å². The number of nitrogens with two attached hydrogens (primary N) is 1. The van der Waals surface area contributed by atoms with Gasteiger partial charge in [-0.1, -0.05) is 19.3 Å². The van der Waals surface area contributed by atoms with Crippen molar-refractivity contribution in [2.75, 3.05) is 0 Å². The van der Waals surface area contributed by atoms with E-state index < -0.39 is 0 Å². The van der Waals surface area contributed by atoms with Crippen molar-refractivity contribution < 1.29 is 4.42 Å². The maximum absolute atomic E-state index is 6.32. The SMILES string of the molecule is Cc1cc(C(N)C2CCCCC2)c(C)o1. The average Bonchev–Trinajstić information content (AvgIpc) is 2.58. The van der Waals surface area contributed by atoms with Crippen LogP contribution in [0.5, 0.6) is 0 Å². The third kappa shape index (κ3) is 2.25. The molecule has 1 aliphatic carbocycles. The summed E-state index contributed by atoms with van der Waals surface area (Å²) in [7, 11) is 0. The summed E-state index contributed by atoms with van der Waals surface area (Å²) >= 11 is 0. The molecule has 2 heteroatoms. The van der Waals surface area contributed by atoms with E-state index in [1.54, 1.807) is 0 Å². The van der Waals surface area contributed by atoms with E-state index in [2.05, 4.69) is 6.07 Å². The molecule has 0 bridgehead atoms. The zero-order chi connectivity index (χ0) is 10.8. The Morgan fingerprint density at radius 1 is 1.27 bits per heavy atom. The monoisotopic (exact) mass is 207 g/mol. The lowest BCUT2D eigenvalue weighted by atomic mass is 9.81. The molecular weight excluding hydrogens is 186 g/mol. The van der Waals surface area contributed by atoms with E-state index >= 15 is 0 Å². The molecule has 0 saturated heterocycles. The molecule has 0 radical (unpaired) electrons. The molecule has 0 aromatic carbocycles. The normalized spacial score (nSPS) is 20.5. The van der Waals surface area contributed by atoms with Gasteiger partial charge < -0.3 is 10.2 Å². The molecule has 1 aliphatic rings. The third-order valence-electron chi connectivity index (χ3n) is 3.60. The summed E-state index contributed by atoms with van der Waals surface area (Å²) in [6.07, 6.45) is 6.63. The summed E-state index contributed by atoms with van der Waals surface area (Å²) in [5.41, 5.74) is 7.55. The van der Waals surface area contributed by atoms with E-state index in [9.17, 15) is 0 Å². The number of hydrogen-bond donors (Lipinski definition) is 1. The zero-order valence-electron chi connectivity index (χ0n) is 9.75. The molecule has 1 aromatic rings. The molecule has 2 nitrogen and oxygen atoms in total. The smallest absolute Gasteiger partial charge is 0.105 e. The Bertz CT molecular complexity index is 323. The molecule has 1 saturated carbocycles. The predicted molar refractivity (Wildman–Crippen MR) is 61.7 cm³/mol. The van der Waals surface area contributed by atoms with Gasteiger partial charge >= 0.3 is 0 Å². The number of furan rings is 1. The highest BCUT2D eigenvalue weighted by molar-refractivity contribution is 5.24. The van der Waals surface area contributed by atoms with Crippen molar-refractivity contribution in [3.8, 4) is 0 Å². The molecule has 84 valence electrons. The fraction of sp³-hybridized carbons (Fsp3) is 0.692. The molecule has 0 amide bonds. The van der Waals surface area contributed by atoms with Crippen molar-refractivity contribution in [1.29, 1.82) is 0 Å². The van der Waals surface area contributed by atoms with Crippen LogP contribution in [0.25, 0.3) is 0 Å². The molecule has 2 rings (SSSR count). The van der Waals surface area contributed by atoms with Crippen molar-refractivity contribution in [2.45, 2.75) is 52.0 Å². The van der Waals surface area contributed by atoms with Crippen molar-refractivity contribution >= 4 is 0 Å². The Balaban J connectivity index is 2.12. The van der Waals surface area contributed by atoms with Crippen LogP contribution < -0.4 is 5.73 Å². The van der Waals surface area contributed by atoms with Crippen LogP contribution >= 0.6 is 0 Å². The minimum atomic E-state index is 0.183. The van der Waals surface area contributed by atoms with Gasteiger partial charge in [0.1, 0.15) is 11.5 Å². The quantitative estimate of drug-likeness (QED) is 0.806. The molecule has 15 heavy (non-hydrogen) atoms. The van der Waals surface area contributed by atoms with Crippen LogP contribution in [0.15, 0.2) is 10.5 Å². The summed E-state index contributed by atoms with van der Waals surface area (Å²) in [6, 6.07) is 2.29. The first-order chi connectivity index (χ1) is 7.18. The minimum Gasteiger partial charge on any atom is -0.466 e. The van der Waals surface area contributed by atoms with Gasteiger partial charge in [0.2, 0.25) is 0 Å². The van der Waals surface area contributed by atoms with Crippen molar-refractivity contribution in [3.63, 3.8) is 0 Å². The maximum Gasteiger partial charge on any atom is 0.105 e. The Labute approximate surface area is 91.8 Å². The molecule has 1 heterocycles. The summed E-state index contributed by atoms with van der Waals surface area (Å²) in [5.74, 6) is 2.65. The Morgan fingerprint density at radius 2 is 1.93 bits per heavy atom. The second kappa shape index (κ2) is 4.40. The fourth-order valence-electron chi connectivity index (χ4n) is 2.73. The van der Waals surface area contributed by atoms with E-state index in [4.69, 9.17) is 10.2 Å². The first kappa shape index (κ1) is 10.7. The zero-order valence-corrected chi connectivity index (χ0v) is 9.75. The standard InChI is InChI=1S/C13H21NO/c1-9-8-12(10(2)15-9)13(14)11-6-4-3-5-7-11/h8,11,13H,3-7,14H2,1-2H3. The second-order valence-corrected chi connectivity index (χ2v) is 4.79. The predicted octanol–water partition coefficient (Wildman–Crippen LogP) is 3.48. The molecule has 2 N–H and O–H groups in total. The summed E-state index contributed by atoms with van der Waals surface area (Å²) in [6.45, 7) is 4.01. The van der Waals surface area contributed by atoms with E-state index in [0.717, 1.165) is 11.5 Å². The summed E-state index contributed by atoms with van der Waals surface area (Å²) in [4.78, 5) is 0. The highest BCUT2D eigenvalue weighted by atomic mass is 16.3. The Hall–Kier alpha value is -0.760. The van der Waals surface area contributed by atoms with Crippen LogP contribution in [0, 0.1) is 19.8 Å². The van der Waals surface area contributed by atoms with Crippen LogP contribution in [0.2, 0.25) is 0 Å². The second-order valence-electron chi connectivity index (χ2n) is 4.79. The van der Waals surface area contributed by atoms with Gasteiger partial charge in [-0.3, -0.25) is 0 Å². The molecular formula is C13H21NO. The van der Waals surface area contributed by atoms with Gasteiger partial charge in [0.15, 0.2) is 0 Å². The number of aryl methyl sites for hydroxylation is 2. The average molecular weight is 207 g/mol. The van der Waals surface area contributed by atoms with E-state index in [1.165, 1.54) is 37.7 Å². The Morgan fingerprint density at radius 3 is 2.47 bits per heavy atom. The highest BCUT2D eigenvalue weighted by Gasteiger charge is 2.24. The third-order valence-corrected chi connectivity index (χ3v) is 3.60.